The molecule has 0 heterocycles. The number of ether oxygens (including phenoxy) is 3. The van der Waals surface area contributed by atoms with Gasteiger partial charge in [0.25, 0.3) is 0 Å². The fourth-order valence-electron chi connectivity index (χ4n) is 8.80. The van der Waals surface area contributed by atoms with Crippen LogP contribution in [0.3, 0.4) is 0 Å². The molecule has 0 bridgehead atoms. The average molecular weight is 1130 g/mol. The molecule has 0 rings (SSSR count). The van der Waals surface area contributed by atoms with Crippen LogP contribution in [0.2, 0.25) is 0 Å². The van der Waals surface area contributed by atoms with Crippen LogP contribution in [0.25, 0.3) is 0 Å². The molecule has 0 aromatic rings. The van der Waals surface area contributed by atoms with Crippen LogP contribution in [0.4, 0.5) is 0 Å². The Hall–Kier alpha value is -4.97. The zero-order chi connectivity index (χ0) is 59.2. The van der Waals surface area contributed by atoms with Crippen LogP contribution in [0.1, 0.15) is 284 Å². The first-order valence-corrected chi connectivity index (χ1v) is 33.5. The summed E-state index contributed by atoms with van der Waals surface area (Å²) in [6.45, 7) is 6.37. The van der Waals surface area contributed by atoms with Crippen LogP contribution in [-0.2, 0) is 28.6 Å². The molecule has 0 aliphatic heterocycles. The van der Waals surface area contributed by atoms with Gasteiger partial charge in [-0.3, -0.25) is 14.4 Å². The average Bonchev–Trinajstić information content (AvgIpc) is 3.47. The molecule has 6 heteroatoms. The van der Waals surface area contributed by atoms with E-state index in [9.17, 15) is 14.4 Å². The molecule has 0 aromatic carbocycles. The minimum atomic E-state index is -0.808. The maximum atomic E-state index is 12.9. The number of carbonyl (C=O) groups is 3. The quantitative estimate of drug-likeness (QED) is 0.0261. The van der Waals surface area contributed by atoms with E-state index in [0.29, 0.717) is 19.3 Å². The summed E-state index contributed by atoms with van der Waals surface area (Å²) in [4.78, 5) is 38.4. The summed E-state index contributed by atoms with van der Waals surface area (Å²) >= 11 is 0. The van der Waals surface area contributed by atoms with Crippen LogP contribution in [0, 0.1) is 0 Å². The van der Waals surface area contributed by atoms with Gasteiger partial charge in [-0.25, -0.2) is 0 Å². The van der Waals surface area contributed by atoms with Crippen molar-refractivity contribution in [1.29, 1.82) is 0 Å². The van der Waals surface area contributed by atoms with Crippen LogP contribution >= 0.6 is 0 Å². The van der Waals surface area contributed by atoms with Gasteiger partial charge in [-0.05, 0) is 148 Å². The molecule has 462 valence electrons. The van der Waals surface area contributed by atoms with Crippen molar-refractivity contribution in [2.24, 2.45) is 0 Å². The van der Waals surface area contributed by atoms with Crippen molar-refractivity contribution in [3.05, 3.63) is 158 Å². The molecule has 0 aliphatic rings. The normalized spacial score (nSPS) is 13.2. The molecular formula is C76H122O6. The lowest BCUT2D eigenvalue weighted by Crippen LogP contribution is -2.30. The van der Waals surface area contributed by atoms with E-state index >= 15 is 0 Å². The number of unbranched alkanes of at least 4 members (excludes halogenated alkanes) is 22. The third-order valence-corrected chi connectivity index (χ3v) is 13.7. The lowest BCUT2D eigenvalue weighted by atomic mass is 10.1. The molecule has 0 aliphatic carbocycles. The van der Waals surface area contributed by atoms with E-state index in [1.165, 1.54) is 64.2 Å². The zero-order valence-corrected chi connectivity index (χ0v) is 52.9. The first-order chi connectivity index (χ1) is 40.5. The Morgan fingerprint density at radius 3 is 0.744 bits per heavy atom. The van der Waals surface area contributed by atoms with Crippen LogP contribution in [-0.4, -0.2) is 37.2 Å². The highest BCUT2D eigenvalue weighted by Gasteiger charge is 2.19. The number of esters is 3. The molecule has 6 nitrogen and oxygen atoms in total. The van der Waals surface area contributed by atoms with E-state index in [-0.39, 0.29) is 31.1 Å². The molecule has 0 radical (unpaired) electrons. The molecular weight excluding hydrogens is 1010 g/mol. The summed E-state index contributed by atoms with van der Waals surface area (Å²) < 4.78 is 16.9. The molecule has 0 aromatic heterocycles. The van der Waals surface area contributed by atoms with Gasteiger partial charge in [0, 0.05) is 19.3 Å². The van der Waals surface area contributed by atoms with E-state index in [0.717, 1.165) is 180 Å². The summed E-state index contributed by atoms with van der Waals surface area (Å²) in [5, 5.41) is 0. The second-order valence-corrected chi connectivity index (χ2v) is 21.6. The van der Waals surface area contributed by atoms with Crippen molar-refractivity contribution in [3.8, 4) is 0 Å². The Balaban J connectivity index is 4.46. The minimum absolute atomic E-state index is 0.101. The van der Waals surface area contributed by atoms with E-state index in [1.54, 1.807) is 0 Å². The highest BCUT2D eigenvalue weighted by Crippen LogP contribution is 2.15. The van der Waals surface area contributed by atoms with Gasteiger partial charge in [-0.15, -0.1) is 0 Å². The molecule has 82 heavy (non-hydrogen) atoms. The number of rotatable bonds is 59. The number of carbonyl (C=O) groups excluding carboxylic acids is 3. The predicted octanol–water partition coefficient (Wildman–Crippen LogP) is 23.3. The van der Waals surface area contributed by atoms with Crippen molar-refractivity contribution in [2.45, 2.75) is 290 Å². The Kier molecular flexibility index (Phi) is 64.4. The Morgan fingerprint density at radius 2 is 0.476 bits per heavy atom. The van der Waals surface area contributed by atoms with E-state index < -0.39 is 6.10 Å². The van der Waals surface area contributed by atoms with Crippen molar-refractivity contribution in [3.63, 3.8) is 0 Å². The summed E-state index contributed by atoms with van der Waals surface area (Å²) in [5.41, 5.74) is 0. The van der Waals surface area contributed by atoms with E-state index in [2.05, 4.69) is 179 Å². The third kappa shape index (κ3) is 65.8. The Labute approximate surface area is 505 Å². The summed E-state index contributed by atoms with van der Waals surface area (Å²) in [5.74, 6) is -0.941. The molecule has 0 spiro atoms. The maximum Gasteiger partial charge on any atom is 0.306 e. The SMILES string of the molecule is CC/C=C\C/C=C\C/C=C\C/C=C\C/C=C\C/C=C\CCCCCCCCCCC(=O)OCC(COC(=O)CCCCCCC/C=C\C/C=C\CCCCCC)OC(=O)CCCCCCC/C=C\C/C=C\C/C=C\C/C=C\C/C=C\CC. The number of allylic oxidation sites excluding steroid dienone is 26. The van der Waals surface area contributed by atoms with Crippen molar-refractivity contribution in [1.82, 2.24) is 0 Å². The Morgan fingerprint density at radius 1 is 0.256 bits per heavy atom. The van der Waals surface area contributed by atoms with Gasteiger partial charge >= 0.3 is 17.9 Å². The summed E-state index contributed by atoms with van der Waals surface area (Å²) in [6, 6.07) is 0. The standard InChI is InChI=1S/C76H122O6/c1-4-7-10-13-16-19-22-25-28-31-33-35-36-37-38-39-40-42-43-45-48-51-54-57-60-63-66-69-75(78)81-72-73(71-80-74(77)68-65-62-59-56-53-50-47-30-27-24-21-18-15-12-9-6-3)82-76(79)70-67-64-61-58-55-52-49-46-44-41-34-32-29-26-23-20-17-14-11-8-5-2/h7-8,10-11,16-17,19-21,24-26,28-30,33-35,37-38,40-42,46-47,49,73H,4-6,9,12-15,18,22-23,27,31-32,36,39,43-45,48,50-72H2,1-3H3/b10-7-,11-8-,19-16-,20-17-,24-21-,28-25-,29-26-,35-33-,38-37-,41-34-,42-40-,47-30-,49-46-. The fraction of sp³-hybridized carbons (Fsp3) is 0.618. The van der Waals surface area contributed by atoms with Crippen LogP contribution in [0.15, 0.2) is 158 Å². The molecule has 0 fully saturated rings. The monoisotopic (exact) mass is 1130 g/mol. The van der Waals surface area contributed by atoms with Gasteiger partial charge in [0.05, 0.1) is 0 Å². The van der Waals surface area contributed by atoms with Gasteiger partial charge in [0.1, 0.15) is 13.2 Å². The molecule has 1 atom stereocenters. The van der Waals surface area contributed by atoms with Crippen molar-refractivity contribution in [2.75, 3.05) is 13.2 Å². The van der Waals surface area contributed by atoms with Crippen molar-refractivity contribution >= 4 is 17.9 Å². The highest BCUT2D eigenvalue weighted by molar-refractivity contribution is 5.71. The largest absolute Gasteiger partial charge is 0.462 e. The fourth-order valence-corrected chi connectivity index (χ4v) is 8.80. The lowest BCUT2D eigenvalue weighted by Gasteiger charge is -2.18. The first kappa shape index (κ1) is 77.0. The first-order valence-electron chi connectivity index (χ1n) is 33.5. The highest BCUT2D eigenvalue weighted by atomic mass is 16.6. The maximum absolute atomic E-state index is 12.9. The zero-order valence-electron chi connectivity index (χ0n) is 52.9. The summed E-state index contributed by atoms with van der Waals surface area (Å²) in [6.07, 6.45) is 99.6. The van der Waals surface area contributed by atoms with E-state index in [4.69, 9.17) is 14.2 Å². The van der Waals surface area contributed by atoms with Crippen LogP contribution in [0.5, 0.6) is 0 Å². The smallest absolute Gasteiger partial charge is 0.306 e. The molecule has 0 saturated carbocycles. The molecule has 0 saturated heterocycles. The predicted molar refractivity (Wildman–Crippen MR) is 357 cm³/mol. The number of hydrogen-bond acceptors (Lipinski definition) is 6. The van der Waals surface area contributed by atoms with Crippen molar-refractivity contribution < 1.29 is 28.6 Å². The van der Waals surface area contributed by atoms with Gasteiger partial charge in [0.2, 0.25) is 0 Å². The van der Waals surface area contributed by atoms with Gasteiger partial charge in [-0.2, -0.15) is 0 Å². The summed E-state index contributed by atoms with van der Waals surface area (Å²) in [7, 11) is 0. The molecule has 0 N–H and O–H groups in total. The third-order valence-electron chi connectivity index (χ3n) is 13.7. The molecule has 1 unspecified atom stereocenters. The topological polar surface area (TPSA) is 78.9 Å². The minimum Gasteiger partial charge on any atom is -0.462 e. The van der Waals surface area contributed by atoms with Gasteiger partial charge in [-0.1, -0.05) is 275 Å². The lowest BCUT2D eigenvalue weighted by molar-refractivity contribution is -0.167. The number of hydrogen-bond donors (Lipinski definition) is 0. The Bertz CT molecular complexity index is 1830. The van der Waals surface area contributed by atoms with E-state index in [1.807, 2.05) is 0 Å². The second kappa shape index (κ2) is 68.5. The van der Waals surface area contributed by atoms with Gasteiger partial charge < -0.3 is 14.2 Å². The van der Waals surface area contributed by atoms with Gasteiger partial charge in [0.15, 0.2) is 6.10 Å². The van der Waals surface area contributed by atoms with Crippen LogP contribution < -0.4 is 0 Å². The second-order valence-electron chi connectivity index (χ2n) is 21.6. The molecule has 0 amide bonds.